The normalized spacial score (nSPS) is 10.9. The highest BCUT2D eigenvalue weighted by Gasteiger charge is 2.15. The van der Waals surface area contributed by atoms with E-state index >= 15 is 0 Å². The van der Waals surface area contributed by atoms with E-state index in [1.807, 2.05) is 31.2 Å². The molecule has 7 nitrogen and oxygen atoms in total. The molecule has 0 radical (unpaired) electrons. The third-order valence-corrected chi connectivity index (χ3v) is 5.87. The van der Waals surface area contributed by atoms with E-state index in [1.165, 1.54) is 24.3 Å². The predicted molar refractivity (Wildman–Crippen MR) is 119 cm³/mol. The van der Waals surface area contributed by atoms with Crippen LogP contribution < -0.4 is 19.5 Å². The Morgan fingerprint density at radius 3 is 2.26 bits per heavy atom. The summed E-state index contributed by atoms with van der Waals surface area (Å²) in [5, 5.41) is 2.81. The fraction of sp³-hybridized carbons (Fsp3) is 0.174. The number of sulfonamides is 1. The van der Waals surface area contributed by atoms with Gasteiger partial charge in [-0.15, -0.1) is 0 Å². The summed E-state index contributed by atoms with van der Waals surface area (Å²) in [5.74, 6) is 1.04. The summed E-state index contributed by atoms with van der Waals surface area (Å²) in [6.45, 7) is 2.70. The molecular weight excluding hydrogens is 416 g/mol. The molecule has 3 aromatic rings. The van der Waals surface area contributed by atoms with Gasteiger partial charge in [0, 0.05) is 23.4 Å². The van der Waals surface area contributed by atoms with Gasteiger partial charge in [-0.1, -0.05) is 18.2 Å². The molecule has 0 bridgehead atoms. The van der Waals surface area contributed by atoms with E-state index in [2.05, 4.69) is 10.0 Å². The summed E-state index contributed by atoms with van der Waals surface area (Å²) < 4.78 is 38.4. The Hall–Kier alpha value is -3.52. The fourth-order valence-corrected chi connectivity index (χ4v) is 3.97. The highest BCUT2D eigenvalue weighted by atomic mass is 32.2. The minimum absolute atomic E-state index is 0.0580. The molecule has 31 heavy (non-hydrogen) atoms. The van der Waals surface area contributed by atoms with Crippen LogP contribution in [0.5, 0.6) is 11.5 Å². The molecule has 3 rings (SSSR count). The van der Waals surface area contributed by atoms with Crippen molar-refractivity contribution in [2.75, 3.05) is 18.4 Å². The average Bonchev–Trinajstić information content (AvgIpc) is 2.79. The number of carbonyl (C=O) groups is 1. The molecule has 0 aliphatic heterocycles. The van der Waals surface area contributed by atoms with Crippen molar-refractivity contribution in [1.82, 2.24) is 5.32 Å². The van der Waals surface area contributed by atoms with Crippen molar-refractivity contribution >= 4 is 21.6 Å². The van der Waals surface area contributed by atoms with Crippen LogP contribution in [0, 0.1) is 0 Å². The van der Waals surface area contributed by atoms with Crippen LogP contribution in [0.2, 0.25) is 0 Å². The van der Waals surface area contributed by atoms with Crippen LogP contribution >= 0.6 is 0 Å². The molecular formula is C23H24N2O5S. The van der Waals surface area contributed by atoms with E-state index in [9.17, 15) is 13.2 Å². The zero-order chi connectivity index (χ0) is 22.3. The standard InChI is InChI=1S/C23H24N2O5S/c1-3-30-20-12-10-19(11-13-20)25-31(27,28)21-14-8-17(9-15-21)23(26)24-16-18-6-4-5-7-22(18)29-2/h4-15,25H,3,16H2,1-2H3,(H,24,26). The molecule has 0 aliphatic carbocycles. The number of para-hydroxylation sites is 1. The number of amides is 1. The summed E-state index contributed by atoms with van der Waals surface area (Å²) in [6, 6.07) is 19.8. The Labute approximate surface area is 182 Å². The highest BCUT2D eigenvalue weighted by molar-refractivity contribution is 7.92. The first-order valence-corrected chi connectivity index (χ1v) is 11.2. The Balaban J connectivity index is 1.64. The summed E-state index contributed by atoms with van der Waals surface area (Å²) >= 11 is 0. The number of hydrogen-bond acceptors (Lipinski definition) is 5. The van der Waals surface area contributed by atoms with Gasteiger partial charge in [-0.2, -0.15) is 0 Å². The van der Waals surface area contributed by atoms with Crippen LogP contribution in [0.3, 0.4) is 0 Å². The lowest BCUT2D eigenvalue weighted by Gasteiger charge is -2.11. The molecule has 0 fully saturated rings. The van der Waals surface area contributed by atoms with Crippen molar-refractivity contribution < 1.29 is 22.7 Å². The number of carbonyl (C=O) groups excluding carboxylic acids is 1. The van der Waals surface area contributed by atoms with Gasteiger partial charge < -0.3 is 14.8 Å². The van der Waals surface area contributed by atoms with E-state index in [0.29, 0.717) is 35.9 Å². The first-order chi connectivity index (χ1) is 14.9. The predicted octanol–water partition coefficient (Wildman–Crippen LogP) is 3.82. The average molecular weight is 441 g/mol. The van der Waals surface area contributed by atoms with Crippen LogP contribution in [-0.2, 0) is 16.6 Å². The number of benzene rings is 3. The Bertz CT molecular complexity index is 1130. The summed E-state index contributed by atoms with van der Waals surface area (Å²) in [6.07, 6.45) is 0. The SMILES string of the molecule is CCOc1ccc(NS(=O)(=O)c2ccc(C(=O)NCc3ccccc3OC)cc2)cc1. The molecule has 162 valence electrons. The molecule has 2 N–H and O–H groups in total. The third-order valence-electron chi connectivity index (χ3n) is 4.48. The van der Waals surface area contributed by atoms with Gasteiger partial charge in [0.05, 0.1) is 18.6 Å². The quantitative estimate of drug-likeness (QED) is 0.528. The van der Waals surface area contributed by atoms with E-state index in [4.69, 9.17) is 9.47 Å². The highest BCUT2D eigenvalue weighted by Crippen LogP contribution is 2.20. The lowest BCUT2D eigenvalue weighted by molar-refractivity contribution is 0.0950. The zero-order valence-corrected chi connectivity index (χ0v) is 18.1. The topological polar surface area (TPSA) is 93.7 Å². The summed E-state index contributed by atoms with van der Waals surface area (Å²) in [5.41, 5.74) is 1.62. The van der Waals surface area contributed by atoms with Crippen molar-refractivity contribution in [2.45, 2.75) is 18.4 Å². The van der Waals surface area contributed by atoms with Gasteiger partial charge in [0.15, 0.2) is 0 Å². The number of rotatable bonds is 9. The fourth-order valence-electron chi connectivity index (χ4n) is 2.91. The number of methoxy groups -OCH3 is 1. The van der Waals surface area contributed by atoms with Crippen LogP contribution in [0.1, 0.15) is 22.8 Å². The lowest BCUT2D eigenvalue weighted by Crippen LogP contribution is -2.23. The molecule has 3 aromatic carbocycles. The molecule has 8 heteroatoms. The zero-order valence-electron chi connectivity index (χ0n) is 17.3. The Kier molecular flexibility index (Phi) is 7.15. The largest absolute Gasteiger partial charge is 0.496 e. The maximum atomic E-state index is 12.6. The molecule has 0 saturated heterocycles. The van der Waals surface area contributed by atoms with Gasteiger partial charge in [0.1, 0.15) is 11.5 Å². The van der Waals surface area contributed by atoms with Crippen molar-refractivity contribution in [3.8, 4) is 11.5 Å². The minimum Gasteiger partial charge on any atom is -0.496 e. The maximum absolute atomic E-state index is 12.6. The van der Waals surface area contributed by atoms with Crippen LogP contribution in [0.15, 0.2) is 77.7 Å². The summed E-state index contributed by atoms with van der Waals surface area (Å²) in [4.78, 5) is 12.5. The second-order valence-corrected chi connectivity index (χ2v) is 8.26. The van der Waals surface area contributed by atoms with E-state index in [-0.39, 0.29) is 10.8 Å². The second kappa shape index (κ2) is 9.99. The van der Waals surface area contributed by atoms with Crippen molar-refractivity contribution in [1.29, 1.82) is 0 Å². The molecule has 0 unspecified atom stereocenters. The van der Waals surface area contributed by atoms with Gasteiger partial charge in [-0.05, 0) is 61.5 Å². The van der Waals surface area contributed by atoms with Gasteiger partial charge >= 0.3 is 0 Å². The summed E-state index contributed by atoms with van der Waals surface area (Å²) in [7, 11) is -2.21. The lowest BCUT2D eigenvalue weighted by atomic mass is 10.2. The minimum atomic E-state index is -3.78. The Morgan fingerprint density at radius 1 is 0.935 bits per heavy atom. The van der Waals surface area contributed by atoms with Gasteiger partial charge in [0.25, 0.3) is 15.9 Å². The van der Waals surface area contributed by atoms with E-state index < -0.39 is 10.0 Å². The Morgan fingerprint density at radius 2 is 1.61 bits per heavy atom. The third kappa shape index (κ3) is 5.76. The molecule has 1 amide bonds. The molecule has 0 heterocycles. The first-order valence-electron chi connectivity index (χ1n) is 9.69. The first kappa shape index (κ1) is 22.2. The van der Waals surface area contributed by atoms with Crippen molar-refractivity contribution in [3.05, 3.63) is 83.9 Å². The van der Waals surface area contributed by atoms with Crippen LogP contribution in [-0.4, -0.2) is 28.0 Å². The van der Waals surface area contributed by atoms with Gasteiger partial charge in [0.2, 0.25) is 0 Å². The number of nitrogens with one attached hydrogen (secondary N) is 2. The van der Waals surface area contributed by atoms with E-state index in [0.717, 1.165) is 5.56 Å². The van der Waals surface area contributed by atoms with Crippen LogP contribution in [0.4, 0.5) is 5.69 Å². The molecule has 0 atom stereocenters. The second-order valence-electron chi connectivity index (χ2n) is 6.58. The van der Waals surface area contributed by atoms with E-state index in [1.54, 1.807) is 31.4 Å². The number of ether oxygens (including phenoxy) is 2. The molecule has 0 aromatic heterocycles. The number of hydrogen-bond donors (Lipinski definition) is 2. The van der Waals surface area contributed by atoms with Gasteiger partial charge in [-0.3, -0.25) is 9.52 Å². The molecule has 0 spiro atoms. The van der Waals surface area contributed by atoms with Crippen molar-refractivity contribution in [3.63, 3.8) is 0 Å². The maximum Gasteiger partial charge on any atom is 0.261 e. The van der Waals surface area contributed by atoms with Crippen molar-refractivity contribution in [2.24, 2.45) is 0 Å². The smallest absolute Gasteiger partial charge is 0.261 e. The number of anilines is 1. The van der Waals surface area contributed by atoms with Crippen LogP contribution in [0.25, 0.3) is 0 Å². The molecule has 0 aliphatic rings. The monoisotopic (exact) mass is 440 g/mol. The molecule has 0 saturated carbocycles. The van der Waals surface area contributed by atoms with Gasteiger partial charge in [-0.25, -0.2) is 8.42 Å².